The van der Waals surface area contributed by atoms with E-state index in [-0.39, 0.29) is 11.9 Å². The second kappa shape index (κ2) is 7.90. The predicted molar refractivity (Wildman–Crippen MR) is 93.4 cm³/mol. The average molecular weight is 325 g/mol. The topological polar surface area (TPSA) is 64.1 Å². The number of anilines is 1. The summed E-state index contributed by atoms with van der Waals surface area (Å²) in [6, 6.07) is 12.0. The Morgan fingerprint density at radius 2 is 2.00 bits per heavy atom. The predicted octanol–water partition coefficient (Wildman–Crippen LogP) is 3.53. The normalized spacial score (nSPS) is 20.4. The van der Waals surface area contributed by atoms with Crippen molar-refractivity contribution in [2.24, 2.45) is 11.8 Å². The quantitative estimate of drug-likeness (QED) is 0.852. The first kappa shape index (κ1) is 16.4. The van der Waals surface area contributed by atoms with Crippen LogP contribution in [0.2, 0.25) is 0 Å². The van der Waals surface area contributed by atoms with Crippen LogP contribution in [0.4, 0.5) is 5.82 Å². The number of aromatic nitrogens is 2. The number of nitrogens with one attached hydrogen (secondary N) is 1. The van der Waals surface area contributed by atoms with Crippen LogP contribution in [0.3, 0.4) is 0 Å². The molecule has 1 aromatic carbocycles. The van der Waals surface area contributed by atoms with Crippen LogP contribution in [-0.2, 0) is 9.53 Å². The largest absolute Gasteiger partial charge is 0.469 e. The van der Waals surface area contributed by atoms with E-state index in [9.17, 15) is 4.79 Å². The number of rotatable bonds is 5. The number of benzene rings is 1. The Bertz CT molecular complexity index is 675. The number of hydrogen-bond donors (Lipinski definition) is 1. The Morgan fingerprint density at radius 1 is 1.21 bits per heavy atom. The molecule has 2 unspecified atom stereocenters. The number of carbonyl (C=O) groups is 1. The standard InChI is InChI=1S/C19H23N3O2/c1-24-19(23)16-10-6-5-9-15(16)12-20-18-11-17(21-13-22-18)14-7-3-2-4-8-14/h2-4,7-8,11,13,15-16H,5-6,9-10,12H2,1H3,(H,20,21,22). The van der Waals surface area contributed by atoms with Crippen molar-refractivity contribution in [2.75, 3.05) is 19.0 Å². The van der Waals surface area contributed by atoms with Crippen LogP contribution >= 0.6 is 0 Å². The molecule has 1 fully saturated rings. The highest BCUT2D eigenvalue weighted by Crippen LogP contribution is 2.31. The molecule has 3 rings (SSSR count). The molecule has 24 heavy (non-hydrogen) atoms. The maximum atomic E-state index is 12.0. The first-order valence-electron chi connectivity index (χ1n) is 8.47. The van der Waals surface area contributed by atoms with Gasteiger partial charge in [-0.2, -0.15) is 0 Å². The fourth-order valence-electron chi connectivity index (χ4n) is 3.37. The third kappa shape index (κ3) is 3.91. The minimum absolute atomic E-state index is 0.00770. The van der Waals surface area contributed by atoms with E-state index in [1.165, 1.54) is 13.5 Å². The molecular formula is C19H23N3O2. The maximum absolute atomic E-state index is 12.0. The summed E-state index contributed by atoms with van der Waals surface area (Å²) in [6.07, 6.45) is 5.80. The van der Waals surface area contributed by atoms with Crippen molar-refractivity contribution in [3.63, 3.8) is 0 Å². The first-order valence-corrected chi connectivity index (χ1v) is 8.47. The fourth-order valence-corrected chi connectivity index (χ4v) is 3.37. The van der Waals surface area contributed by atoms with Crippen molar-refractivity contribution in [3.8, 4) is 11.3 Å². The third-order valence-corrected chi connectivity index (χ3v) is 4.70. The minimum Gasteiger partial charge on any atom is -0.469 e. The molecular weight excluding hydrogens is 302 g/mol. The highest BCUT2D eigenvalue weighted by Gasteiger charge is 2.31. The van der Waals surface area contributed by atoms with E-state index in [1.54, 1.807) is 6.33 Å². The van der Waals surface area contributed by atoms with E-state index >= 15 is 0 Å². The number of carbonyl (C=O) groups excluding carboxylic acids is 1. The Kier molecular flexibility index (Phi) is 5.41. The highest BCUT2D eigenvalue weighted by atomic mass is 16.5. The summed E-state index contributed by atoms with van der Waals surface area (Å²) in [5.41, 5.74) is 1.95. The van der Waals surface area contributed by atoms with Gasteiger partial charge in [0.25, 0.3) is 0 Å². The van der Waals surface area contributed by atoms with E-state index in [1.807, 2.05) is 36.4 Å². The third-order valence-electron chi connectivity index (χ3n) is 4.70. The molecule has 1 N–H and O–H groups in total. The molecule has 126 valence electrons. The van der Waals surface area contributed by atoms with Crippen molar-refractivity contribution in [3.05, 3.63) is 42.7 Å². The molecule has 1 aliphatic rings. The van der Waals surface area contributed by atoms with Gasteiger partial charge in [0.2, 0.25) is 0 Å². The van der Waals surface area contributed by atoms with E-state index in [0.29, 0.717) is 5.92 Å². The van der Waals surface area contributed by atoms with Gasteiger partial charge < -0.3 is 10.1 Å². The molecule has 2 atom stereocenters. The Morgan fingerprint density at radius 3 is 2.79 bits per heavy atom. The van der Waals surface area contributed by atoms with Gasteiger partial charge in [-0.1, -0.05) is 43.2 Å². The summed E-state index contributed by atoms with van der Waals surface area (Å²) < 4.78 is 4.96. The first-order chi connectivity index (χ1) is 11.8. The van der Waals surface area contributed by atoms with Gasteiger partial charge in [0.1, 0.15) is 12.1 Å². The van der Waals surface area contributed by atoms with Crippen molar-refractivity contribution in [1.82, 2.24) is 9.97 Å². The molecule has 0 radical (unpaired) electrons. The van der Waals surface area contributed by atoms with Crippen LogP contribution < -0.4 is 5.32 Å². The molecule has 0 bridgehead atoms. The van der Waals surface area contributed by atoms with Gasteiger partial charge in [-0.3, -0.25) is 4.79 Å². The van der Waals surface area contributed by atoms with E-state index in [2.05, 4.69) is 15.3 Å². The van der Waals surface area contributed by atoms with Gasteiger partial charge in [0.05, 0.1) is 18.7 Å². The molecule has 0 amide bonds. The molecule has 5 heteroatoms. The Balaban J connectivity index is 1.67. The number of ether oxygens (including phenoxy) is 1. The van der Waals surface area contributed by atoms with Crippen LogP contribution in [0.1, 0.15) is 25.7 Å². The zero-order valence-corrected chi connectivity index (χ0v) is 13.9. The van der Waals surface area contributed by atoms with Crippen molar-refractivity contribution in [1.29, 1.82) is 0 Å². The van der Waals surface area contributed by atoms with Crippen molar-refractivity contribution < 1.29 is 9.53 Å². The molecule has 0 spiro atoms. The molecule has 1 aromatic heterocycles. The van der Waals surface area contributed by atoms with E-state index < -0.39 is 0 Å². The maximum Gasteiger partial charge on any atom is 0.309 e. The number of nitrogens with zero attached hydrogens (tertiary/aromatic N) is 2. The van der Waals surface area contributed by atoms with Crippen molar-refractivity contribution in [2.45, 2.75) is 25.7 Å². The van der Waals surface area contributed by atoms with Gasteiger partial charge in [-0.25, -0.2) is 9.97 Å². The van der Waals surface area contributed by atoms with Crippen LogP contribution in [0.25, 0.3) is 11.3 Å². The molecule has 1 heterocycles. The summed E-state index contributed by atoms with van der Waals surface area (Å²) in [6.45, 7) is 0.727. The molecule has 2 aromatic rings. The van der Waals surface area contributed by atoms with Crippen LogP contribution in [-0.4, -0.2) is 29.6 Å². The second-order valence-electron chi connectivity index (χ2n) is 6.21. The lowest BCUT2D eigenvalue weighted by molar-refractivity contribution is -0.148. The Hall–Kier alpha value is -2.43. The number of hydrogen-bond acceptors (Lipinski definition) is 5. The summed E-state index contributed by atoms with van der Waals surface area (Å²) in [5.74, 6) is 0.986. The summed E-state index contributed by atoms with van der Waals surface area (Å²) in [7, 11) is 1.47. The smallest absolute Gasteiger partial charge is 0.309 e. The zero-order chi connectivity index (χ0) is 16.8. The van der Waals surface area contributed by atoms with Crippen LogP contribution in [0.5, 0.6) is 0 Å². The lowest BCUT2D eigenvalue weighted by Gasteiger charge is -2.29. The van der Waals surface area contributed by atoms with Gasteiger partial charge in [-0.15, -0.1) is 0 Å². The minimum atomic E-state index is -0.0887. The summed E-state index contributed by atoms with van der Waals surface area (Å²) >= 11 is 0. The fraction of sp³-hybridized carbons (Fsp3) is 0.421. The molecule has 5 nitrogen and oxygen atoms in total. The van der Waals surface area contributed by atoms with Gasteiger partial charge in [0, 0.05) is 18.2 Å². The Labute approximate surface area is 142 Å². The zero-order valence-electron chi connectivity index (χ0n) is 13.9. The van der Waals surface area contributed by atoms with Gasteiger partial charge >= 0.3 is 5.97 Å². The highest BCUT2D eigenvalue weighted by molar-refractivity contribution is 5.72. The molecule has 1 saturated carbocycles. The monoisotopic (exact) mass is 325 g/mol. The summed E-state index contributed by atoms with van der Waals surface area (Å²) in [5, 5.41) is 3.37. The molecule has 0 aliphatic heterocycles. The summed E-state index contributed by atoms with van der Waals surface area (Å²) in [4.78, 5) is 20.6. The number of esters is 1. The molecule has 0 saturated heterocycles. The van der Waals surface area contributed by atoms with E-state index in [0.717, 1.165) is 42.9 Å². The van der Waals surface area contributed by atoms with Gasteiger partial charge in [-0.05, 0) is 18.8 Å². The number of methoxy groups -OCH3 is 1. The average Bonchev–Trinajstić information content (AvgIpc) is 2.67. The van der Waals surface area contributed by atoms with Crippen molar-refractivity contribution >= 4 is 11.8 Å². The molecule has 1 aliphatic carbocycles. The lowest BCUT2D eigenvalue weighted by atomic mass is 9.79. The van der Waals surface area contributed by atoms with Crippen LogP contribution in [0.15, 0.2) is 42.7 Å². The van der Waals surface area contributed by atoms with Crippen LogP contribution in [0, 0.1) is 11.8 Å². The second-order valence-corrected chi connectivity index (χ2v) is 6.21. The SMILES string of the molecule is COC(=O)C1CCCCC1CNc1cc(-c2ccccc2)ncn1. The lowest BCUT2D eigenvalue weighted by Crippen LogP contribution is -2.32. The van der Waals surface area contributed by atoms with Gasteiger partial charge in [0.15, 0.2) is 0 Å². The van der Waals surface area contributed by atoms with E-state index in [4.69, 9.17) is 4.74 Å².